The van der Waals surface area contributed by atoms with Crippen LogP contribution in [0.5, 0.6) is 0 Å². The second-order valence-electron chi connectivity index (χ2n) is 5.16. The maximum Gasteiger partial charge on any atom is 0.250 e. The highest BCUT2D eigenvalue weighted by molar-refractivity contribution is 7.91. The molecule has 18 heavy (non-hydrogen) atoms. The molecule has 1 fully saturated rings. The van der Waals surface area contributed by atoms with Crippen LogP contribution in [0.1, 0.15) is 32.6 Å². The van der Waals surface area contributed by atoms with Gasteiger partial charge in [0.15, 0.2) is 0 Å². The molecule has 0 unspecified atom stereocenters. The highest BCUT2D eigenvalue weighted by Gasteiger charge is 2.33. The smallest absolute Gasteiger partial charge is 0.250 e. The first-order valence-corrected chi connectivity index (χ1v) is 8.53. The Morgan fingerprint density at radius 1 is 1.50 bits per heavy atom. The van der Waals surface area contributed by atoms with Crippen molar-refractivity contribution in [2.24, 2.45) is 5.92 Å². The number of hydrogen-bond acceptors (Lipinski definition) is 4. The summed E-state index contributed by atoms with van der Waals surface area (Å²) in [5.74, 6) is 0.624. The van der Waals surface area contributed by atoms with Crippen LogP contribution in [0, 0.1) is 5.92 Å². The molecule has 0 saturated heterocycles. The first-order valence-electron chi connectivity index (χ1n) is 6.17. The molecule has 2 N–H and O–H groups in total. The van der Waals surface area contributed by atoms with Crippen molar-refractivity contribution in [1.82, 2.24) is 4.72 Å². The number of thiophene rings is 1. The molecule has 0 aromatic carbocycles. The topological polar surface area (TPSA) is 66.4 Å². The van der Waals surface area contributed by atoms with Gasteiger partial charge in [-0.25, -0.2) is 13.1 Å². The molecule has 1 aromatic rings. The average Bonchev–Trinajstić information content (AvgIpc) is 2.86. The highest BCUT2D eigenvalue weighted by atomic mass is 32.2. The molecule has 0 aliphatic heterocycles. The van der Waals surface area contributed by atoms with Crippen LogP contribution in [0.15, 0.2) is 21.7 Å². The van der Waals surface area contributed by atoms with E-state index in [-0.39, 0.29) is 6.54 Å². The summed E-state index contributed by atoms with van der Waals surface area (Å²) < 4.78 is 26.7. The van der Waals surface area contributed by atoms with Gasteiger partial charge in [-0.15, -0.1) is 11.3 Å². The van der Waals surface area contributed by atoms with E-state index in [0.29, 0.717) is 23.0 Å². The van der Waals surface area contributed by atoms with Crippen molar-refractivity contribution in [3.8, 4) is 0 Å². The van der Waals surface area contributed by atoms with Crippen LogP contribution < -0.4 is 4.72 Å². The molecular weight excluding hydrogens is 270 g/mol. The lowest BCUT2D eigenvalue weighted by atomic mass is 9.80. The first-order chi connectivity index (χ1) is 8.41. The normalized spacial score (nSPS) is 29.3. The van der Waals surface area contributed by atoms with Gasteiger partial charge in [-0.2, -0.15) is 0 Å². The quantitative estimate of drug-likeness (QED) is 0.890. The molecule has 102 valence electrons. The Labute approximate surface area is 112 Å². The van der Waals surface area contributed by atoms with E-state index in [2.05, 4.69) is 11.6 Å². The van der Waals surface area contributed by atoms with E-state index in [4.69, 9.17) is 0 Å². The second-order valence-corrected chi connectivity index (χ2v) is 8.10. The van der Waals surface area contributed by atoms with E-state index in [1.165, 1.54) is 11.3 Å². The summed E-state index contributed by atoms with van der Waals surface area (Å²) in [4.78, 5) is 0. The summed E-state index contributed by atoms with van der Waals surface area (Å²) in [6, 6.07) is 3.27. The largest absolute Gasteiger partial charge is 0.389 e. The first kappa shape index (κ1) is 14.0. The number of sulfonamides is 1. The molecule has 0 atom stereocenters. The van der Waals surface area contributed by atoms with Crippen LogP contribution in [0.4, 0.5) is 0 Å². The fourth-order valence-electron chi connectivity index (χ4n) is 2.19. The fraction of sp³-hybridized carbons (Fsp3) is 0.667. The summed E-state index contributed by atoms with van der Waals surface area (Å²) in [6.07, 6.45) is 3.25. The van der Waals surface area contributed by atoms with Gasteiger partial charge in [0.1, 0.15) is 4.21 Å². The molecule has 1 aromatic heterocycles. The molecule has 4 nitrogen and oxygen atoms in total. The third kappa shape index (κ3) is 3.32. The van der Waals surface area contributed by atoms with E-state index in [1.807, 2.05) is 0 Å². The van der Waals surface area contributed by atoms with Crippen molar-refractivity contribution >= 4 is 21.4 Å². The van der Waals surface area contributed by atoms with Gasteiger partial charge >= 0.3 is 0 Å². The number of nitrogens with one attached hydrogen (secondary N) is 1. The summed E-state index contributed by atoms with van der Waals surface area (Å²) in [5.41, 5.74) is -0.878. The Kier molecular flexibility index (Phi) is 4.11. The maximum absolute atomic E-state index is 11.9. The molecule has 2 rings (SSSR count). The Hall–Kier alpha value is -0.430. The van der Waals surface area contributed by atoms with Gasteiger partial charge in [0.05, 0.1) is 5.60 Å². The van der Waals surface area contributed by atoms with Crippen LogP contribution in [0.2, 0.25) is 0 Å². The fourth-order valence-corrected chi connectivity index (χ4v) is 4.35. The van der Waals surface area contributed by atoms with Crippen LogP contribution in [-0.2, 0) is 10.0 Å². The van der Waals surface area contributed by atoms with Crippen LogP contribution >= 0.6 is 11.3 Å². The summed E-state index contributed by atoms with van der Waals surface area (Å²) in [6.45, 7) is 2.27. The predicted octanol–water partition coefficient (Wildman–Crippen LogP) is 1.97. The summed E-state index contributed by atoms with van der Waals surface area (Å²) in [5, 5.41) is 12.1. The zero-order valence-corrected chi connectivity index (χ0v) is 12.1. The van der Waals surface area contributed by atoms with Crippen molar-refractivity contribution in [3.63, 3.8) is 0 Å². The van der Waals surface area contributed by atoms with Gasteiger partial charge in [0.25, 0.3) is 0 Å². The van der Waals surface area contributed by atoms with Crippen molar-refractivity contribution in [3.05, 3.63) is 17.5 Å². The zero-order chi connectivity index (χ0) is 13.2. The Morgan fingerprint density at radius 2 is 2.17 bits per heavy atom. The Morgan fingerprint density at radius 3 is 2.72 bits per heavy atom. The molecule has 1 heterocycles. The SMILES string of the molecule is CC1CCC(O)(CNS(=O)(=O)c2cccs2)CC1. The number of aliphatic hydroxyl groups is 1. The van der Waals surface area contributed by atoms with Crippen LogP contribution in [-0.4, -0.2) is 25.7 Å². The Bertz CT molecular complexity index is 473. The van der Waals surface area contributed by atoms with Gasteiger partial charge in [-0.1, -0.05) is 13.0 Å². The third-order valence-electron chi connectivity index (χ3n) is 3.56. The van der Waals surface area contributed by atoms with Crippen molar-refractivity contribution < 1.29 is 13.5 Å². The standard InChI is InChI=1S/C12H19NO3S2/c1-10-4-6-12(14,7-5-10)9-13-18(15,16)11-3-2-8-17-11/h2-3,8,10,13-14H,4-7,9H2,1H3. The van der Waals surface area contributed by atoms with E-state index >= 15 is 0 Å². The van der Waals surface area contributed by atoms with Crippen molar-refractivity contribution in [2.45, 2.75) is 42.4 Å². The minimum absolute atomic E-state index is 0.111. The lowest BCUT2D eigenvalue weighted by Crippen LogP contribution is -2.45. The molecular formula is C12H19NO3S2. The molecule has 1 aliphatic carbocycles. The van der Waals surface area contributed by atoms with Crippen molar-refractivity contribution in [1.29, 1.82) is 0 Å². The van der Waals surface area contributed by atoms with Gasteiger partial charge in [0, 0.05) is 6.54 Å². The van der Waals surface area contributed by atoms with Crippen molar-refractivity contribution in [2.75, 3.05) is 6.54 Å². The molecule has 0 amide bonds. The molecule has 0 spiro atoms. The average molecular weight is 289 g/mol. The summed E-state index contributed by atoms with van der Waals surface area (Å²) >= 11 is 1.18. The summed E-state index contributed by atoms with van der Waals surface area (Å²) in [7, 11) is -3.46. The molecule has 1 aliphatic rings. The van der Waals surface area contributed by atoms with E-state index in [1.54, 1.807) is 17.5 Å². The minimum Gasteiger partial charge on any atom is -0.389 e. The Balaban J connectivity index is 1.96. The zero-order valence-electron chi connectivity index (χ0n) is 10.4. The van der Waals surface area contributed by atoms with E-state index in [9.17, 15) is 13.5 Å². The highest BCUT2D eigenvalue weighted by Crippen LogP contribution is 2.31. The monoisotopic (exact) mass is 289 g/mol. The van der Waals surface area contributed by atoms with Crippen LogP contribution in [0.25, 0.3) is 0 Å². The van der Waals surface area contributed by atoms with Crippen LogP contribution in [0.3, 0.4) is 0 Å². The van der Waals surface area contributed by atoms with Gasteiger partial charge in [-0.05, 0) is 43.0 Å². The maximum atomic E-state index is 11.9. The van der Waals surface area contributed by atoms with Gasteiger partial charge in [0.2, 0.25) is 10.0 Å². The predicted molar refractivity (Wildman–Crippen MR) is 72.1 cm³/mol. The minimum atomic E-state index is -3.46. The molecule has 0 radical (unpaired) electrons. The molecule has 1 saturated carbocycles. The second kappa shape index (κ2) is 5.28. The third-order valence-corrected chi connectivity index (χ3v) is 6.35. The number of hydrogen-bond donors (Lipinski definition) is 2. The molecule has 6 heteroatoms. The lowest BCUT2D eigenvalue weighted by Gasteiger charge is -2.34. The number of rotatable bonds is 4. The van der Waals surface area contributed by atoms with Gasteiger partial charge < -0.3 is 5.11 Å². The van der Waals surface area contributed by atoms with E-state index in [0.717, 1.165) is 12.8 Å². The van der Waals surface area contributed by atoms with E-state index < -0.39 is 15.6 Å². The van der Waals surface area contributed by atoms with Gasteiger partial charge in [-0.3, -0.25) is 0 Å². The lowest BCUT2D eigenvalue weighted by molar-refractivity contribution is -0.00181. The molecule has 0 bridgehead atoms.